The zero-order valence-electron chi connectivity index (χ0n) is 18.1. The van der Waals surface area contributed by atoms with Crippen molar-refractivity contribution in [3.8, 4) is 0 Å². The van der Waals surface area contributed by atoms with Gasteiger partial charge in [0, 0.05) is 32.1 Å². The third kappa shape index (κ3) is 5.71. The highest BCUT2D eigenvalue weighted by molar-refractivity contribution is 5.89. The van der Waals surface area contributed by atoms with Gasteiger partial charge in [0.05, 0.1) is 44.3 Å². The van der Waals surface area contributed by atoms with E-state index in [-0.39, 0.29) is 17.9 Å². The molecule has 4 unspecified atom stereocenters. The molecule has 0 aromatic heterocycles. The number of benzene rings is 2. The molecule has 1 heterocycles. The van der Waals surface area contributed by atoms with E-state index in [9.17, 15) is 5.11 Å². The Labute approximate surface area is 183 Å². The Morgan fingerprint density at radius 1 is 1.00 bits per heavy atom. The summed E-state index contributed by atoms with van der Waals surface area (Å²) in [7, 11) is 0. The summed E-state index contributed by atoms with van der Waals surface area (Å²) in [6, 6.07) is 20.1. The Bertz CT molecular complexity index is 855. The van der Waals surface area contributed by atoms with Gasteiger partial charge in [-0.1, -0.05) is 65.8 Å². The highest BCUT2D eigenvalue weighted by atomic mass is 16.8. The largest absolute Gasteiger partial charge is 0.392 e. The fraction of sp³-hybridized carbons (Fsp3) is 0.480. The minimum absolute atomic E-state index is 0.0467. The highest BCUT2D eigenvalue weighted by Gasteiger charge is 2.47. The van der Waals surface area contributed by atoms with Crippen molar-refractivity contribution in [1.82, 2.24) is 0 Å². The first kappa shape index (κ1) is 22.0. The molecule has 1 N–H and O–H groups in total. The maximum Gasteiger partial charge on any atom is 0.231 e. The third-order valence-electron chi connectivity index (χ3n) is 5.89. The molecule has 6 heteroatoms. The number of ether oxygens (including phenoxy) is 3. The average Bonchev–Trinajstić information content (AvgIpc) is 3.09. The molecule has 2 aromatic carbocycles. The van der Waals surface area contributed by atoms with Crippen LogP contribution in [0.2, 0.25) is 0 Å². The summed E-state index contributed by atoms with van der Waals surface area (Å²) in [6.07, 6.45) is -0.203. The minimum atomic E-state index is -0.754. The van der Waals surface area contributed by atoms with E-state index in [4.69, 9.17) is 19.0 Å². The van der Waals surface area contributed by atoms with Gasteiger partial charge in [-0.2, -0.15) is 0 Å². The lowest BCUT2D eigenvalue weighted by molar-refractivity contribution is -0.219. The van der Waals surface area contributed by atoms with Crippen molar-refractivity contribution >= 4 is 5.71 Å². The van der Waals surface area contributed by atoms with Crippen LogP contribution in [0.4, 0.5) is 0 Å². The van der Waals surface area contributed by atoms with Crippen LogP contribution in [0.25, 0.3) is 0 Å². The summed E-state index contributed by atoms with van der Waals surface area (Å²) in [5.41, 5.74) is 2.93. The van der Waals surface area contributed by atoms with Gasteiger partial charge in [-0.25, -0.2) is 0 Å². The van der Waals surface area contributed by atoms with E-state index in [1.807, 2.05) is 74.5 Å². The molecule has 1 aliphatic heterocycles. The van der Waals surface area contributed by atoms with Crippen LogP contribution in [0.15, 0.2) is 65.8 Å². The number of rotatable bonds is 8. The predicted octanol–water partition coefficient (Wildman–Crippen LogP) is 3.92. The lowest BCUT2D eigenvalue weighted by atomic mass is 9.89. The molecular formula is C25H31NO5. The Kier molecular flexibility index (Phi) is 7.02. The van der Waals surface area contributed by atoms with Gasteiger partial charge in [-0.15, -0.1) is 0 Å². The fourth-order valence-electron chi connectivity index (χ4n) is 4.24. The van der Waals surface area contributed by atoms with Crippen molar-refractivity contribution in [2.75, 3.05) is 13.2 Å². The molecule has 0 spiro atoms. The number of hydrogen-bond donors (Lipinski definition) is 1. The van der Waals surface area contributed by atoms with Gasteiger partial charge in [0.25, 0.3) is 0 Å². The van der Waals surface area contributed by atoms with Gasteiger partial charge in [0.2, 0.25) is 5.79 Å². The smallest absolute Gasteiger partial charge is 0.231 e. The molecule has 0 bridgehead atoms. The molecule has 1 fully saturated rings. The van der Waals surface area contributed by atoms with E-state index in [2.05, 4.69) is 5.16 Å². The van der Waals surface area contributed by atoms with Crippen LogP contribution in [0.1, 0.15) is 31.4 Å². The summed E-state index contributed by atoms with van der Waals surface area (Å²) < 4.78 is 18.1. The van der Waals surface area contributed by atoms with Crippen molar-refractivity contribution in [2.24, 2.45) is 17.0 Å². The zero-order valence-corrected chi connectivity index (χ0v) is 18.1. The zero-order chi connectivity index (χ0) is 21.7. The van der Waals surface area contributed by atoms with Gasteiger partial charge >= 0.3 is 0 Å². The molecule has 6 nitrogen and oxygen atoms in total. The molecule has 0 amide bonds. The molecule has 0 saturated heterocycles. The van der Waals surface area contributed by atoms with E-state index in [1.54, 1.807) is 0 Å². The molecule has 4 atom stereocenters. The molecule has 166 valence electrons. The SMILES string of the molecule is CC1(C)OCC(C2C(O)CC(OCc3ccccc3)C2COCc2ccccc2)=NO1. The van der Waals surface area contributed by atoms with E-state index < -0.39 is 11.9 Å². The molecular weight excluding hydrogens is 394 g/mol. The van der Waals surface area contributed by atoms with Crippen LogP contribution in [0, 0.1) is 11.8 Å². The molecule has 2 aromatic rings. The van der Waals surface area contributed by atoms with E-state index in [1.165, 1.54) is 0 Å². The van der Waals surface area contributed by atoms with Crippen molar-refractivity contribution < 1.29 is 24.2 Å². The lowest BCUT2D eigenvalue weighted by Crippen LogP contribution is -2.42. The van der Waals surface area contributed by atoms with Crippen molar-refractivity contribution in [2.45, 2.75) is 51.5 Å². The number of aliphatic hydroxyl groups excluding tert-OH is 1. The van der Waals surface area contributed by atoms with Crippen LogP contribution in [-0.4, -0.2) is 42.0 Å². The Balaban J connectivity index is 1.46. The summed E-state index contributed by atoms with van der Waals surface area (Å²) >= 11 is 0. The van der Waals surface area contributed by atoms with Crippen LogP contribution in [-0.2, 0) is 32.3 Å². The number of oxime groups is 1. The summed E-state index contributed by atoms with van der Waals surface area (Å²) in [5.74, 6) is -1.03. The quantitative estimate of drug-likeness (QED) is 0.694. The molecule has 31 heavy (non-hydrogen) atoms. The van der Waals surface area contributed by atoms with Gasteiger partial charge in [0.15, 0.2) is 0 Å². The lowest BCUT2D eigenvalue weighted by Gasteiger charge is -2.32. The second kappa shape index (κ2) is 9.92. The standard InChI is InChI=1S/C25H31NO5/c1-25(2)30-17-21(26-31-25)24-20(16-28-14-18-9-5-3-6-10-18)23(13-22(24)27)29-15-19-11-7-4-8-12-19/h3-12,20,22-24,27H,13-17H2,1-2H3. The molecule has 1 aliphatic carbocycles. The summed E-state index contributed by atoms with van der Waals surface area (Å²) in [4.78, 5) is 5.50. The van der Waals surface area contributed by atoms with Crippen molar-refractivity contribution in [3.63, 3.8) is 0 Å². The minimum Gasteiger partial charge on any atom is -0.392 e. The predicted molar refractivity (Wildman–Crippen MR) is 117 cm³/mol. The van der Waals surface area contributed by atoms with Gasteiger partial charge in [-0.3, -0.25) is 0 Å². The second-order valence-corrected chi connectivity index (χ2v) is 8.69. The van der Waals surface area contributed by atoms with Crippen LogP contribution in [0.5, 0.6) is 0 Å². The maximum absolute atomic E-state index is 10.9. The average molecular weight is 426 g/mol. The fourth-order valence-corrected chi connectivity index (χ4v) is 4.24. The Hall–Kier alpha value is -2.25. The number of hydrogen-bond acceptors (Lipinski definition) is 6. The van der Waals surface area contributed by atoms with Crippen LogP contribution in [0.3, 0.4) is 0 Å². The normalized spacial score (nSPS) is 27.5. The van der Waals surface area contributed by atoms with Gasteiger partial charge < -0.3 is 24.2 Å². The summed E-state index contributed by atoms with van der Waals surface area (Å²) in [6.45, 7) is 5.44. The van der Waals surface area contributed by atoms with Crippen molar-refractivity contribution in [1.29, 1.82) is 0 Å². The van der Waals surface area contributed by atoms with Gasteiger partial charge in [0.1, 0.15) is 0 Å². The molecule has 2 aliphatic rings. The first-order valence-electron chi connectivity index (χ1n) is 10.9. The molecule has 1 saturated carbocycles. The maximum atomic E-state index is 10.9. The van der Waals surface area contributed by atoms with E-state index in [0.717, 1.165) is 11.1 Å². The topological polar surface area (TPSA) is 69.5 Å². The summed E-state index contributed by atoms with van der Waals surface area (Å²) in [5, 5.41) is 15.2. The van der Waals surface area contributed by atoms with E-state index in [0.29, 0.717) is 38.6 Å². The van der Waals surface area contributed by atoms with Gasteiger partial charge in [-0.05, 0) is 11.1 Å². The Morgan fingerprint density at radius 3 is 2.26 bits per heavy atom. The number of aliphatic hydroxyl groups is 1. The highest BCUT2D eigenvalue weighted by Crippen LogP contribution is 2.38. The van der Waals surface area contributed by atoms with Crippen LogP contribution < -0.4 is 0 Å². The number of nitrogens with zero attached hydrogens (tertiary/aromatic N) is 1. The Morgan fingerprint density at radius 2 is 1.65 bits per heavy atom. The van der Waals surface area contributed by atoms with Crippen molar-refractivity contribution in [3.05, 3.63) is 71.8 Å². The second-order valence-electron chi connectivity index (χ2n) is 8.69. The third-order valence-corrected chi connectivity index (χ3v) is 5.89. The molecule has 0 radical (unpaired) electrons. The van der Waals surface area contributed by atoms with Crippen LogP contribution >= 0.6 is 0 Å². The molecule has 4 rings (SSSR count). The monoisotopic (exact) mass is 425 g/mol. The first-order valence-corrected chi connectivity index (χ1v) is 10.9. The first-order chi connectivity index (χ1) is 15.0. The van der Waals surface area contributed by atoms with E-state index >= 15 is 0 Å².